The van der Waals surface area contributed by atoms with E-state index < -0.39 is 0 Å². The molecule has 0 radical (unpaired) electrons. The number of amides is 1. The normalized spacial score (nSPS) is 15.2. The first-order valence-electron chi connectivity index (χ1n) is 7.34. The van der Waals surface area contributed by atoms with E-state index in [1.54, 1.807) is 10.3 Å². The van der Waals surface area contributed by atoms with E-state index in [1.165, 1.54) is 16.8 Å². The van der Waals surface area contributed by atoms with Crippen molar-refractivity contribution in [2.45, 2.75) is 13.8 Å². The molecule has 0 aliphatic carbocycles. The van der Waals surface area contributed by atoms with E-state index in [-0.39, 0.29) is 10.8 Å². The van der Waals surface area contributed by atoms with E-state index in [0.29, 0.717) is 18.8 Å². The van der Waals surface area contributed by atoms with Crippen LogP contribution in [0.3, 0.4) is 0 Å². The summed E-state index contributed by atoms with van der Waals surface area (Å²) in [6, 6.07) is 6.45. The molecule has 1 aromatic heterocycles. The first-order chi connectivity index (χ1) is 10.5. The summed E-state index contributed by atoms with van der Waals surface area (Å²) in [5.41, 5.74) is 4.15. The smallest absolute Gasteiger partial charge is 0.305 e. The van der Waals surface area contributed by atoms with Gasteiger partial charge in [-0.3, -0.25) is 9.59 Å². The molecule has 3 rings (SSSR count). The number of piperazine rings is 1. The van der Waals surface area contributed by atoms with Crippen LogP contribution in [0.4, 0.5) is 5.69 Å². The molecule has 0 atom stereocenters. The minimum Gasteiger partial charge on any atom is -0.368 e. The summed E-state index contributed by atoms with van der Waals surface area (Å²) in [5.74, 6) is -0.0843. The maximum atomic E-state index is 12.3. The summed E-state index contributed by atoms with van der Waals surface area (Å²) in [7, 11) is 0. The Morgan fingerprint density at radius 3 is 2.55 bits per heavy atom. The Labute approximate surface area is 133 Å². The van der Waals surface area contributed by atoms with Gasteiger partial charge in [0.1, 0.15) is 5.69 Å². The number of H-pyrrole nitrogens is 1. The van der Waals surface area contributed by atoms with Crippen molar-refractivity contribution in [2.75, 3.05) is 31.1 Å². The molecular weight excluding hydrogens is 298 g/mol. The molecule has 6 heteroatoms. The molecule has 0 bridgehead atoms. The second kappa shape index (κ2) is 5.96. The van der Waals surface area contributed by atoms with Crippen LogP contribution in [0.25, 0.3) is 0 Å². The van der Waals surface area contributed by atoms with E-state index >= 15 is 0 Å². The van der Waals surface area contributed by atoms with Gasteiger partial charge in [0.05, 0.1) is 0 Å². The van der Waals surface area contributed by atoms with E-state index in [2.05, 4.69) is 41.9 Å². The predicted molar refractivity (Wildman–Crippen MR) is 89.0 cm³/mol. The van der Waals surface area contributed by atoms with Crippen molar-refractivity contribution >= 4 is 22.9 Å². The van der Waals surface area contributed by atoms with Crippen molar-refractivity contribution < 1.29 is 4.79 Å². The summed E-state index contributed by atoms with van der Waals surface area (Å²) in [6.45, 7) is 7.17. The van der Waals surface area contributed by atoms with Gasteiger partial charge in [0.15, 0.2) is 0 Å². The number of aryl methyl sites for hydroxylation is 2. The summed E-state index contributed by atoms with van der Waals surface area (Å²) in [4.78, 5) is 30.0. The molecule has 1 N–H and O–H groups in total. The van der Waals surface area contributed by atoms with Crippen LogP contribution in [0.5, 0.6) is 0 Å². The average Bonchev–Trinajstić information content (AvgIpc) is 2.96. The molecule has 1 aromatic carbocycles. The average molecular weight is 317 g/mol. The summed E-state index contributed by atoms with van der Waals surface area (Å²) < 4.78 is 0. The van der Waals surface area contributed by atoms with Gasteiger partial charge in [0.2, 0.25) is 0 Å². The Bertz CT molecular complexity index is 742. The number of benzene rings is 1. The maximum Gasteiger partial charge on any atom is 0.305 e. The first-order valence-corrected chi connectivity index (χ1v) is 8.22. The number of anilines is 1. The zero-order valence-electron chi connectivity index (χ0n) is 12.8. The van der Waals surface area contributed by atoms with Gasteiger partial charge in [0.25, 0.3) is 5.91 Å². The van der Waals surface area contributed by atoms with Crippen LogP contribution >= 0.6 is 11.3 Å². The van der Waals surface area contributed by atoms with Gasteiger partial charge in [-0.1, -0.05) is 23.5 Å². The van der Waals surface area contributed by atoms with Crippen LogP contribution in [0.1, 0.15) is 21.6 Å². The number of rotatable bonds is 2. The third kappa shape index (κ3) is 2.92. The van der Waals surface area contributed by atoms with E-state index in [9.17, 15) is 9.59 Å². The van der Waals surface area contributed by atoms with Crippen molar-refractivity contribution in [3.05, 3.63) is 50.1 Å². The van der Waals surface area contributed by atoms with Gasteiger partial charge in [-0.2, -0.15) is 0 Å². The number of carbonyl (C=O) groups excluding carboxylic acids is 1. The largest absolute Gasteiger partial charge is 0.368 e. The molecule has 2 heterocycles. The zero-order valence-corrected chi connectivity index (χ0v) is 13.6. The minimum atomic E-state index is -0.183. The Balaban J connectivity index is 1.69. The number of aromatic amines is 1. The maximum absolute atomic E-state index is 12.3. The third-order valence-electron chi connectivity index (χ3n) is 4.02. The predicted octanol–water partition coefficient (Wildman–Crippen LogP) is 2.02. The van der Waals surface area contributed by atoms with Crippen molar-refractivity contribution in [1.82, 2.24) is 9.88 Å². The van der Waals surface area contributed by atoms with Gasteiger partial charge in [-0.05, 0) is 31.0 Å². The fourth-order valence-corrected chi connectivity index (χ4v) is 3.32. The molecule has 1 saturated heterocycles. The number of carbonyl (C=O) groups is 1. The Hall–Kier alpha value is -2.08. The first kappa shape index (κ1) is 14.8. The highest BCUT2D eigenvalue weighted by molar-refractivity contribution is 7.07. The lowest BCUT2D eigenvalue weighted by Gasteiger charge is -2.36. The number of hydrogen-bond acceptors (Lipinski definition) is 4. The van der Waals surface area contributed by atoms with Crippen LogP contribution in [-0.2, 0) is 0 Å². The van der Waals surface area contributed by atoms with Crippen molar-refractivity contribution in [3.63, 3.8) is 0 Å². The lowest BCUT2D eigenvalue weighted by atomic mass is 10.1. The van der Waals surface area contributed by atoms with Crippen molar-refractivity contribution in [3.8, 4) is 0 Å². The third-order valence-corrected chi connectivity index (χ3v) is 4.69. The molecule has 1 amide bonds. The lowest BCUT2D eigenvalue weighted by molar-refractivity contribution is 0.0741. The molecule has 0 spiro atoms. The van der Waals surface area contributed by atoms with Crippen LogP contribution in [0.15, 0.2) is 28.4 Å². The molecule has 0 saturated carbocycles. The molecule has 116 valence electrons. The van der Waals surface area contributed by atoms with Gasteiger partial charge in [0, 0.05) is 37.2 Å². The van der Waals surface area contributed by atoms with E-state index in [4.69, 9.17) is 0 Å². The highest BCUT2D eigenvalue weighted by Crippen LogP contribution is 2.23. The van der Waals surface area contributed by atoms with Gasteiger partial charge >= 0.3 is 4.87 Å². The molecule has 5 nitrogen and oxygen atoms in total. The molecule has 2 aromatic rings. The second-order valence-corrected chi connectivity index (χ2v) is 6.47. The van der Waals surface area contributed by atoms with Crippen LogP contribution in [0.2, 0.25) is 0 Å². The van der Waals surface area contributed by atoms with Crippen LogP contribution < -0.4 is 9.77 Å². The fourth-order valence-electron chi connectivity index (χ4n) is 2.77. The number of nitrogens with zero attached hydrogens (tertiary/aromatic N) is 2. The van der Waals surface area contributed by atoms with Crippen LogP contribution in [0, 0.1) is 13.8 Å². The van der Waals surface area contributed by atoms with Gasteiger partial charge in [-0.15, -0.1) is 0 Å². The fraction of sp³-hybridized carbons (Fsp3) is 0.375. The molecule has 1 aliphatic heterocycles. The summed E-state index contributed by atoms with van der Waals surface area (Å²) in [6.07, 6.45) is 0. The zero-order chi connectivity index (χ0) is 15.7. The standard InChI is InChI=1S/C16H19N3O2S/c1-11-3-4-12(2)14(9-11)18-5-7-19(8-6-18)15(20)13-10-22-16(21)17-13/h3-4,9-10H,5-8H2,1-2H3,(H,17,21). The van der Waals surface area contributed by atoms with E-state index in [0.717, 1.165) is 24.4 Å². The SMILES string of the molecule is Cc1ccc(C)c(N2CCN(C(=O)c3csc(=O)[nH]3)CC2)c1. The minimum absolute atomic E-state index is 0.0843. The number of nitrogens with one attached hydrogen (secondary N) is 1. The van der Waals surface area contributed by atoms with Gasteiger partial charge < -0.3 is 14.8 Å². The quantitative estimate of drug-likeness (QED) is 0.922. The van der Waals surface area contributed by atoms with Gasteiger partial charge in [-0.25, -0.2) is 0 Å². The number of hydrogen-bond donors (Lipinski definition) is 1. The van der Waals surface area contributed by atoms with E-state index in [1.807, 2.05) is 0 Å². The highest BCUT2D eigenvalue weighted by Gasteiger charge is 2.23. The summed E-state index contributed by atoms with van der Waals surface area (Å²) >= 11 is 1.03. The molecule has 1 aliphatic rings. The molecule has 22 heavy (non-hydrogen) atoms. The lowest BCUT2D eigenvalue weighted by Crippen LogP contribution is -2.49. The highest BCUT2D eigenvalue weighted by atomic mass is 32.1. The van der Waals surface area contributed by atoms with Crippen molar-refractivity contribution in [2.24, 2.45) is 0 Å². The molecule has 0 unspecified atom stereocenters. The molecular formula is C16H19N3O2S. The van der Waals surface area contributed by atoms with Crippen LogP contribution in [-0.4, -0.2) is 42.0 Å². The number of thiazole rings is 1. The topological polar surface area (TPSA) is 56.4 Å². The Kier molecular flexibility index (Phi) is 4.02. The van der Waals surface area contributed by atoms with Crippen molar-refractivity contribution in [1.29, 1.82) is 0 Å². The Morgan fingerprint density at radius 1 is 1.18 bits per heavy atom. The molecule has 1 fully saturated rings. The Morgan fingerprint density at radius 2 is 1.91 bits per heavy atom. The summed E-state index contributed by atoms with van der Waals surface area (Å²) in [5, 5.41) is 1.60. The monoisotopic (exact) mass is 317 g/mol. The number of aromatic nitrogens is 1. The second-order valence-electron chi connectivity index (χ2n) is 5.63.